The summed E-state index contributed by atoms with van der Waals surface area (Å²) in [4.78, 5) is 6.74. The Kier molecular flexibility index (Phi) is 2.36. The first-order valence-corrected chi connectivity index (χ1v) is 6.11. The summed E-state index contributed by atoms with van der Waals surface area (Å²) in [6.07, 6.45) is 5.86. The van der Waals surface area contributed by atoms with Gasteiger partial charge in [0.15, 0.2) is 0 Å². The average Bonchev–Trinajstić information content (AvgIpc) is 2.90. The van der Waals surface area contributed by atoms with Crippen LogP contribution >= 0.6 is 0 Å². The zero-order valence-electron chi connectivity index (χ0n) is 9.69. The molecule has 1 aromatic rings. The quantitative estimate of drug-likeness (QED) is 0.823. The molecule has 3 rings (SSSR count). The second-order valence-electron chi connectivity index (χ2n) is 5.10. The molecule has 2 unspecified atom stereocenters. The zero-order chi connectivity index (χ0) is 11.1. The summed E-state index contributed by atoms with van der Waals surface area (Å²) in [6.45, 7) is 3.27. The van der Waals surface area contributed by atoms with Crippen molar-refractivity contribution in [1.29, 1.82) is 0 Å². The summed E-state index contributed by atoms with van der Waals surface area (Å²) in [5.74, 6) is 0.880. The SMILES string of the molecule is Cc1cc(N2CC3CCC2C3)c(CO)cn1. The van der Waals surface area contributed by atoms with E-state index in [-0.39, 0.29) is 6.61 Å². The number of aryl methyl sites for hydroxylation is 1. The van der Waals surface area contributed by atoms with Crippen molar-refractivity contribution in [3.05, 3.63) is 23.5 Å². The van der Waals surface area contributed by atoms with Gasteiger partial charge in [-0.25, -0.2) is 0 Å². The smallest absolute Gasteiger partial charge is 0.0717 e. The van der Waals surface area contributed by atoms with E-state index in [1.165, 1.54) is 31.5 Å². The van der Waals surface area contributed by atoms with Crippen LogP contribution in [0.2, 0.25) is 0 Å². The molecular formula is C13H18N2O. The summed E-state index contributed by atoms with van der Waals surface area (Å²) < 4.78 is 0. The molecule has 1 saturated heterocycles. The van der Waals surface area contributed by atoms with E-state index in [0.29, 0.717) is 6.04 Å². The van der Waals surface area contributed by atoms with Crippen molar-refractivity contribution in [2.45, 2.75) is 38.8 Å². The molecule has 1 aliphatic carbocycles. The second kappa shape index (κ2) is 3.74. The number of anilines is 1. The lowest BCUT2D eigenvalue weighted by atomic mass is 10.1. The number of pyridine rings is 1. The predicted octanol–water partition coefficient (Wildman–Crippen LogP) is 1.87. The van der Waals surface area contributed by atoms with Crippen LogP contribution in [-0.4, -0.2) is 22.7 Å². The van der Waals surface area contributed by atoms with E-state index in [1.54, 1.807) is 0 Å². The minimum absolute atomic E-state index is 0.0938. The summed E-state index contributed by atoms with van der Waals surface area (Å²) in [7, 11) is 0. The molecule has 0 aromatic carbocycles. The van der Waals surface area contributed by atoms with Gasteiger partial charge in [-0.2, -0.15) is 0 Å². The van der Waals surface area contributed by atoms with Crippen LogP contribution in [0.25, 0.3) is 0 Å². The van der Waals surface area contributed by atoms with Crippen LogP contribution in [0, 0.1) is 12.8 Å². The van der Waals surface area contributed by atoms with Crippen LogP contribution in [0.3, 0.4) is 0 Å². The average molecular weight is 218 g/mol. The number of aliphatic hydroxyl groups excluding tert-OH is 1. The lowest BCUT2D eigenvalue weighted by Crippen LogP contribution is -2.32. The van der Waals surface area contributed by atoms with Gasteiger partial charge in [-0.15, -0.1) is 0 Å². The van der Waals surface area contributed by atoms with E-state index < -0.39 is 0 Å². The van der Waals surface area contributed by atoms with Crippen molar-refractivity contribution in [2.75, 3.05) is 11.4 Å². The molecule has 2 aliphatic rings. The Balaban J connectivity index is 1.96. The van der Waals surface area contributed by atoms with Gasteiger partial charge in [-0.1, -0.05) is 0 Å². The van der Waals surface area contributed by atoms with Crippen molar-refractivity contribution in [3.63, 3.8) is 0 Å². The highest BCUT2D eigenvalue weighted by Crippen LogP contribution is 2.41. The van der Waals surface area contributed by atoms with Crippen LogP contribution in [0.1, 0.15) is 30.5 Å². The van der Waals surface area contributed by atoms with Gasteiger partial charge in [0, 0.05) is 35.7 Å². The van der Waals surface area contributed by atoms with Gasteiger partial charge in [-0.3, -0.25) is 4.98 Å². The minimum Gasteiger partial charge on any atom is -0.392 e. The molecule has 0 radical (unpaired) electrons. The predicted molar refractivity (Wildman–Crippen MR) is 63.4 cm³/mol. The number of fused-ring (bicyclic) bond motifs is 2. The number of hydrogen-bond donors (Lipinski definition) is 1. The van der Waals surface area contributed by atoms with Gasteiger partial charge in [0.2, 0.25) is 0 Å². The molecular weight excluding hydrogens is 200 g/mol. The number of hydrogen-bond acceptors (Lipinski definition) is 3. The third-order valence-corrected chi connectivity index (χ3v) is 3.99. The lowest BCUT2D eigenvalue weighted by molar-refractivity contribution is 0.281. The first-order valence-electron chi connectivity index (χ1n) is 6.11. The monoisotopic (exact) mass is 218 g/mol. The van der Waals surface area contributed by atoms with E-state index in [4.69, 9.17) is 0 Å². The third-order valence-electron chi connectivity index (χ3n) is 3.99. The van der Waals surface area contributed by atoms with Crippen molar-refractivity contribution in [1.82, 2.24) is 4.98 Å². The summed E-state index contributed by atoms with van der Waals surface area (Å²) in [5.41, 5.74) is 3.22. The molecule has 1 N–H and O–H groups in total. The molecule has 1 saturated carbocycles. The van der Waals surface area contributed by atoms with Crippen LogP contribution in [0.15, 0.2) is 12.3 Å². The molecule has 2 heterocycles. The van der Waals surface area contributed by atoms with Gasteiger partial charge in [0.1, 0.15) is 0 Å². The fourth-order valence-electron chi connectivity index (χ4n) is 3.18. The number of aliphatic hydroxyl groups is 1. The molecule has 2 atom stereocenters. The Labute approximate surface area is 96.1 Å². The molecule has 3 nitrogen and oxygen atoms in total. The molecule has 2 fully saturated rings. The number of rotatable bonds is 2. The summed E-state index contributed by atoms with van der Waals surface area (Å²) in [5, 5.41) is 9.37. The van der Waals surface area contributed by atoms with Gasteiger partial charge in [0.05, 0.1) is 6.61 Å². The Morgan fingerprint density at radius 3 is 3.00 bits per heavy atom. The first kappa shape index (κ1) is 10.1. The third kappa shape index (κ3) is 1.50. The van der Waals surface area contributed by atoms with Gasteiger partial charge >= 0.3 is 0 Å². The van der Waals surface area contributed by atoms with Crippen LogP contribution < -0.4 is 4.90 Å². The molecule has 2 bridgehead atoms. The van der Waals surface area contributed by atoms with Crippen molar-refractivity contribution in [3.8, 4) is 0 Å². The van der Waals surface area contributed by atoms with E-state index in [1.807, 2.05) is 13.1 Å². The van der Waals surface area contributed by atoms with Gasteiger partial charge in [-0.05, 0) is 38.2 Å². The highest BCUT2D eigenvalue weighted by molar-refractivity contribution is 5.55. The lowest BCUT2D eigenvalue weighted by Gasteiger charge is -2.30. The van der Waals surface area contributed by atoms with E-state index in [9.17, 15) is 5.11 Å². The maximum absolute atomic E-state index is 9.37. The summed E-state index contributed by atoms with van der Waals surface area (Å²) >= 11 is 0. The van der Waals surface area contributed by atoms with Gasteiger partial charge < -0.3 is 10.0 Å². The van der Waals surface area contributed by atoms with Crippen LogP contribution in [0.4, 0.5) is 5.69 Å². The fraction of sp³-hybridized carbons (Fsp3) is 0.615. The van der Waals surface area contributed by atoms with Crippen LogP contribution in [0.5, 0.6) is 0 Å². The fourth-order valence-corrected chi connectivity index (χ4v) is 3.18. The van der Waals surface area contributed by atoms with E-state index >= 15 is 0 Å². The molecule has 3 heteroatoms. The second-order valence-corrected chi connectivity index (χ2v) is 5.10. The molecule has 86 valence electrons. The zero-order valence-corrected chi connectivity index (χ0v) is 9.69. The minimum atomic E-state index is 0.0938. The maximum atomic E-state index is 9.37. The molecule has 1 aliphatic heterocycles. The van der Waals surface area contributed by atoms with E-state index in [2.05, 4.69) is 16.0 Å². The van der Waals surface area contributed by atoms with Crippen molar-refractivity contribution < 1.29 is 5.11 Å². The van der Waals surface area contributed by atoms with Crippen molar-refractivity contribution in [2.24, 2.45) is 5.92 Å². The Morgan fingerprint density at radius 2 is 2.38 bits per heavy atom. The molecule has 0 amide bonds. The highest BCUT2D eigenvalue weighted by atomic mass is 16.3. The molecule has 16 heavy (non-hydrogen) atoms. The number of nitrogens with zero attached hydrogens (tertiary/aromatic N) is 2. The van der Waals surface area contributed by atoms with Crippen molar-refractivity contribution >= 4 is 5.69 Å². The Morgan fingerprint density at radius 1 is 1.50 bits per heavy atom. The van der Waals surface area contributed by atoms with Gasteiger partial charge in [0.25, 0.3) is 0 Å². The van der Waals surface area contributed by atoms with E-state index in [0.717, 1.165) is 17.2 Å². The number of aromatic nitrogens is 1. The molecule has 1 aromatic heterocycles. The Bertz CT molecular complexity index is 405. The maximum Gasteiger partial charge on any atom is 0.0717 e. The Hall–Kier alpha value is -1.09. The normalized spacial score (nSPS) is 27.8. The van der Waals surface area contributed by atoms with Crippen LogP contribution in [-0.2, 0) is 6.61 Å². The summed E-state index contributed by atoms with van der Waals surface area (Å²) in [6, 6.07) is 2.82. The molecule has 0 spiro atoms. The standard InChI is InChI=1S/C13H18N2O/c1-9-4-13(11(8-16)6-14-9)15-7-10-2-3-12(15)5-10/h4,6,10,12,16H,2-3,5,7-8H2,1H3. The largest absolute Gasteiger partial charge is 0.392 e. The number of piperidine rings is 1. The first-order chi connectivity index (χ1) is 7.78. The highest BCUT2D eigenvalue weighted by Gasteiger charge is 2.38. The topological polar surface area (TPSA) is 36.4 Å².